The van der Waals surface area contributed by atoms with E-state index in [1.54, 1.807) is 11.4 Å². The Kier molecular flexibility index (Phi) is 8.88. The Labute approximate surface area is 261 Å². The van der Waals surface area contributed by atoms with E-state index >= 15 is 0 Å². The molecule has 1 fully saturated rings. The summed E-state index contributed by atoms with van der Waals surface area (Å²) in [6.07, 6.45) is -5.39. The lowest BCUT2D eigenvalue weighted by atomic mass is 10.1. The first-order valence-corrected chi connectivity index (χ1v) is 13.1. The second-order valence-electron chi connectivity index (χ2n) is 8.80. The summed E-state index contributed by atoms with van der Waals surface area (Å²) in [7, 11) is 0. The Bertz CT molecular complexity index is 1650. The molecule has 228 valence electrons. The molecule has 0 spiro atoms. The van der Waals surface area contributed by atoms with Crippen molar-refractivity contribution in [3.05, 3.63) is 86.1 Å². The van der Waals surface area contributed by atoms with Crippen LogP contribution in [-0.2, 0) is 9.59 Å². The summed E-state index contributed by atoms with van der Waals surface area (Å²) in [6.45, 7) is 0. The average molecular weight is 700 g/mol. The van der Waals surface area contributed by atoms with Gasteiger partial charge >= 0.3 is 12.1 Å². The zero-order valence-corrected chi connectivity index (χ0v) is 23.9. The van der Waals surface area contributed by atoms with Crippen molar-refractivity contribution in [1.29, 1.82) is 0 Å². The third kappa shape index (κ3) is 6.37. The standard InChI is InChI=1S/C25H12Cl5F6N3O3.3H2/c26-11-2-1-8(5-12(11)27)16-17(24(16,29)30)22(41)37-9-6-10(18(28)14(32)7-9)21(40)39-20-13(31)3-4-15(19(20)33)38-23(42)25(34,35)36;;;/h1-7,16-17H,(H,37,41)(H,38,42)(H,39,40);3*1H/t16-,17+;;;/m0.../s1. The molecule has 0 radical (unpaired) electrons. The summed E-state index contributed by atoms with van der Waals surface area (Å²) in [6, 6.07) is 7.06. The van der Waals surface area contributed by atoms with E-state index in [1.807, 2.05) is 0 Å². The minimum absolute atomic E-state index is 0. The fraction of sp³-hybridized carbons (Fsp3) is 0.160. The molecule has 3 aromatic rings. The van der Waals surface area contributed by atoms with Gasteiger partial charge < -0.3 is 16.0 Å². The van der Waals surface area contributed by atoms with E-state index < -0.39 is 79.5 Å². The molecule has 0 saturated heterocycles. The van der Waals surface area contributed by atoms with Gasteiger partial charge in [-0.05, 0) is 42.0 Å². The van der Waals surface area contributed by atoms with Crippen LogP contribution in [0, 0.1) is 23.4 Å². The molecule has 0 heterocycles. The number of hydrogen-bond acceptors (Lipinski definition) is 3. The molecular weight excluding hydrogens is 682 g/mol. The minimum atomic E-state index is -5.39. The van der Waals surface area contributed by atoms with Crippen molar-refractivity contribution < 1.29 is 45.0 Å². The molecule has 6 nitrogen and oxygen atoms in total. The van der Waals surface area contributed by atoms with Crippen LogP contribution >= 0.6 is 58.0 Å². The summed E-state index contributed by atoms with van der Waals surface area (Å²) in [5, 5.41) is 4.87. The first kappa shape index (κ1) is 32.0. The molecule has 0 aromatic heterocycles. The smallest absolute Gasteiger partial charge is 0.326 e. The zero-order chi connectivity index (χ0) is 31.3. The number of halogens is 11. The van der Waals surface area contributed by atoms with E-state index in [4.69, 9.17) is 58.0 Å². The Hall–Kier alpha value is -2.90. The van der Waals surface area contributed by atoms with Crippen molar-refractivity contribution in [3.8, 4) is 0 Å². The number of carbonyl (C=O) groups excluding carboxylic acids is 3. The summed E-state index contributed by atoms with van der Waals surface area (Å²) < 4.78 is 79.7. The molecule has 0 bridgehead atoms. The van der Waals surface area contributed by atoms with E-state index in [2.05, 4.69) is 5.32 Å². The molecule has 3 N–H and O–H groups in total. The number of benzene rings is 3. The molecular formula is C25H18Cl5F6N3O3. The quantitative estimate of drug-likeness (QED) is 0.177. The van der Waals surface area contributed by atoms with Gasteiger partial charge in [-0.3, -0.25) is 14.4 Å². The molecule has 3 aromatic carbocycles. The van der Waals surface area contributed by atoms with Crippen LogP contribution in [0.25, 0.3) is 0 Å². The van der Waals surface area contributed by atoms with Crippen LogP contribution in [0.15, 0.2) is 42.5 Å². The molecule has 2 atom stereocenters. The monoisotopic (exact) mass is 697 g/mol. The van der Waals surface area contributed by atoms with E-state index in [-0.39, 0.29) is 20.0 Å². The minimum Gasteiger partial charge on any atom is -0.326 e. The van der Waals surface area contributed by atoms with Crippen molar-refractivity contribution in [2.45, 2.75) is 16.4 Å². The number of amides is 3. The molecule has 3 amide bonds. The van der Waals surface area contributed by atoms with Gasteiger partial charge in [0.2, 0.25) is 5.91 Å². The zero-order valence-electron chi connectivity index (χ0n) is 20.1. The average Bonchev–Trinajstić information content (AvgIpc) is 3.48. The van der Waals surface area contributed by atoms with Crippen molar-refractivity contribution in [2.24, 2.45) is 5.92 Å². The highest BCUT2D eigenvalue weighted by Crippen LogP contribution is 2.65. The maximum atomic E-state index is 14.7. The van der Waals surface area contributed by atoms with Gasteiger partial charge in [0.05, 0.1) is 32.2 Å². The predicted octanol–water partition coefficient (Wildman–Crippen LogP) is 9.08. The van der Waals surface area contributed by atoms with E-state index in [1.165, 1.54) is 17.4 Å². The fourth-order valence-corrected chi connectivity index (χ4v) is 5.29. The molecule has 1 aliphatic rings. The van der Waals surface area contributed by atoms with Crippen LogP contribution in [0.3, 0.4) is 0 Å². The highest BCUT2D eigenvalue weighted by Gasteiger charge is 2.67. The van der Waals surface area contributed by atoms with Gasteiger partial charge in [-0.25, -0.2) is 13.2 Å². The lowest BCUT2D eigenvalue weighted by molar-refractivity contribution is -0.167. The SMILES string of the molecule is O=C(Nc1c(F)ccc(NC(=O)C(F)(F)F)c1F)c1cc(NC(=O)[C@H]2[C@H](c3ccc(Cl)c(Cl)c3)C2(Cl)Cl)cc(F)c1Cl.[HH].[HH].[HH]. The first-order chi connectivity index (χ1) is 19.4. The maximum Gasteiger partial charge on any atom is 0.471 e. The number of carbonyl (C=O) groups is 3. The third-order valence-electron chi connectivity index (χ3n) is 6.01. The number of anilines is 3. The van der Waals surface area contributed by atoms with Crippen LogP contribution in [0.2, 0.25) is 15.1 Å². The largest absolute Gasteiger partial charge is 0.471 e. The molecule has 1 saturated carbocycles. The first-order valence-electron chi connectivity index (χ1n) is 11.2. The maximum absolute atomic E-state index is 14.7. The second-order valence-corrected chi connectivity index (χ2v) is 11.4. The summed E-state index contributed by atoms with van der Waals surface area (Å²) in [5.74, 6) is -11.0. The van der Waals surface area contributed by atoms with E-state index in [9.17, 15) is 40.7 Å². The number of hydrogen-bond donors (Lipinski definition) is 3. The van der Waals surface area contributed by atoms with Gasteiger partial charge in [-0.2, -0.15) is 13.2 Å². The topological polar surface area (TPSA) is 87.3 Å². The Balaban J connectivity index is 0.00000337. The van der Waals surface area contributed by atoms with Crippen LogP contribution in [0.1, 0.15) is 26.1 Å². The second kappa shape index (κ2) is 11.6. The fourth-order valence-electron chi connectivity index (χ4n) is 3.96. The van der Waals surface area contributed by atoms with Crippen molar-refractivity contribution >= 4 is 92.8 Å². The van der Waals surface area contributed by atoms with Crippen LogP contribution in [0.4, 0.5) is 43.4 Å². The van der Waals surface area contributed by atoms with Gasteiger partial charge in [0.15, 0.2) is 5.82 Å². The van der Waals surface area contributed by atoms with Crippen molar-refractivity contribution in [2.75, 3.05) is 16.0 Å². The van der Waals surface area contributed by atoms with Gasteiger partial charge in [-0.15, -0.1) is 23.2 Å². The van der Waals surface area contributed by atoms with Gasteiger partial charge in [-0.1, -0.05) is 40.9 Å². The Morgan fingerprint density at radius 2 is 1.50 bits per heavy atom. The van der Waals surface area contributed by atoms with E-state index in [0.717, 1.165) is 12.1 Å². The van der Waals surface area contributed by atoms with Gasteiger partial charge in [0.1, 0.15) is 21.7 Å². The van der Waals surface area contributed by atoms with Crippen LogP contribution in [-0.4, -0.2) is 28.2 Å². The van der Waals surface area contributed by atoms with Crippen LogP contribution < -0.4 is 16.0 Å². The number of alkyl halides is 5. The highest BCUT2D eigenvalue weighted by atomic mass is 35.5. The normalized spacial score (nSPS) is 17.4. The summed E-state index contributed by atoms with van der Waals surface area (Å²) >= 11 is 30.4. The lowest BCUT2D eigenvalue weighted by Gasteiger charge is -2.14. The highest BCUT2D eigenvalue weighted by molar-refractivity contribution is 6.53. The Morgan fingerprint density at radius 1 is 0.833 bits per heavy atom. The molecule has 42 heavy (non-hydrogen) atoms. The van der Waals surface area contributed by atoms with E-state index in [0.29, 0.717) is 17.7 Å². The Morgan fingerprint density at radius 3 is 2.12 bits per heavy atom. The third-order valence-corrected chi connectivity index (χ3v) is 8.08. The van der Waals surface area contributed by atoms with Crippen molar-refractivity contribution in [3.63, 3.8) is 0 Å². The number of nitrogens with one attached hydrogen (secondary N) is 3. The predicted molar refractivity (Wildman–Crippen MR) is 153 cm³/mol. The van der Waals surface area contributed by atoms with Gasteiger partial charge in [0, 0.05) is 15.9 Å². The van der Waals surface area contributed by atoms with Crippen LogP contribution in [0.5, 0.6) is 0 Å². The van der Waals surface area contributed by atoms with Crippen molar-refractivity contribution in [1.82, 2.24) is 0 Å². The number of rotatable bonds is 6. The molecule has 0 aliphatic heterocycles. The summed E-state index contributed by atoms with van der Waals surface area (Å²) in [4.78, 5) is 36.9. The molecule has 4 rings (SSSR count). The molecule has 17 heteroatoms. The lowest BCUT2D eigenvalue weighted by Crippen LogP contribution is -2.30. The molecule has 1 aliphatic carbocycles. The molecule has 0 unspecified atom stereocenters. The van der Waals surface area contributed by atoms with Gasteiger partial charge in [0.25, 0.3) is 5.91 Å². The summed E-state index contributed by atoms with van der Waals surface area (Å²) in [5.41, 5.74) is -2.96.